The first kappa shape index (κ1) is 11.0. The maximum atomic E-state index is 3.53. The molecule has 0 saturated carbocycles. The van der Waals surface area contributed by atoms with Gasteiger partial charge in [-0.15, -0.1) is 0 Å². The van der Waals surface area contributed by atoms with Crippen LogP contribution in [0.15, 0.2) is 66.7 Å². The van der Waals surface area contributed by atoms with Crippen LogP contribution in [0.5, 0.6) is 0 Å². The van der Waals surface area contributed by atoms with Gasteiger partial charge in [0.25, 0.3) is 0 Å². The summed E-state index contributed by atoms with van der Waals surface area (Å²) in [6.45, 7) is 2.23. The van der Waals surface area contributed by atoms with Crippen LogP contribution in [0.3, 0.4) is 0 Å². The van der Waals surface area contributed by atoms with Crippen LogP contribution >= 0.6 is 0 Å². The Bertz CT molecular complexity index is 653. The van der Waals surface area contributed by atoms with Gasteiger partial charge in [-0.2, -0.15) is 0 Å². The monoisotopic (exact) mass is 231 g/mol. The topological polar surface area (TPSA) is 0 Å². The molecule has 1 unspecified atom stereocenters. The second kappa shape index (κ2) is 4.66. The Balaban J connectivity index is 2.04. The van der Waals surface area contributed by atoms with Crippen LogP contribution in [-0.4, -0.2) is 0 Å². The molecule has 1 radical (unpaired) electrons. The average Bonchev–Trinajstić information content (AvgIpc) is 2.47. The quantitative estimate of drug-likeness (QED) is 0.594. The molecular weight excluding hydrogens is 216 g/mol. The highest BCUT2D eigenvalue weighted by molar-refractivity contribution is 5.82. The first-order valence-electron chi connectivity index (χ1n) is 6.30. The van der Waals surface area contributed by atoms with Crippen molar-refractivity contribution >= 4 is 10.8 Å². The van der Waals surface area contributed by atoms with E-state index in [1.165, 1.54) is 21.9 Å². The molecule has 3 aromatic carbocycles. The Hall–Kier alpha value is -2.08. The van der Waals surface area contributed by atoms with Crippen LogP contribution in [-0.2, 0) is 0 Å². The number of benzene rings is 3. The van der Waals surface area contributed by atoms with E-state index in [1.807, 2.05) is 0 Å². The predicted molar refractivity (Wildman–Crippen MR) is 76.7 cm³/mol. The SMILES string of the molecule is CC(c1[c]c2ccccc2cc1)c1ccccc1. The summed E-state index contributed by atoms with van der Waals surface area (Å²) < 4.78 is 0. The third-order valence-electron chi connectivity index (χ3n) is 3.45. The molecule has 0 aromatic heterocycles. The molecule has 3 aromatic rings. The molecular formula is C18H15. The van der Waals surface area contributed by atoms with E-state index in [9.17, 15) is 0 Å². The molecule has 0 bridgehead atoms. The zero-order chi connectivity index (χ0) is 12.4. The van der Waals surface area contributed by atoms with Gasteiger partial charge in [0.2, 0.25) is 0 Å². The molecule has 0 amide bonds. The highest BCUT2D eigenvalue weighted by atomic mass is 14.1. The summed E-state index contributed by atoms with van der Waals surface area (Å²) in [5.74, 6) is 0.385. The average molecular weight is 231 g/mol. The molecule has 0 aliphatic rings. The maximum absolute atomic E-state index is 3.53. The summed E-state index contributed by atoms with van der Waals surface area (Å²) in [4.78, 5) is 0. The van der Waals surface area contributed by atoms with Gasteiger partial charge >= 0.3 is 0 Å². The Kier molecular flexibility index (Phi) is 2.85. The second-order valence-corrected chi connectivity index (χ2v) is 4.63. The van der Waals surface area contributed by atoms with Crippen molar-refractivity contribution < 1.29 is 0 Å². The minimum Gasteiger partial charge on any atom is -0.0622 e. The van der Waals surface area contributed by atoms with E-state index in [4.69, 9.17) is 0 Å². The van der Waals surface area contributed by atoms with Crippen molar-refractivity contribution in [1.29, 1.82) is 0 Å². The Morgan fingerprint density at radius 1 is 0.778 bits per heavy atom. The molecule has 0 spiro atoms. The fraction of sp³-hybridized carbons (Fsp3) is 0.111. The lowest BCUT2D eigenvalue weighted by Crippen LogP contribution is -1.95. The van der Waals surface area contributed by atoms with Gasteiger partial charge in [-0.25, -0.2) is 0 Å². The second-order valence-electron chi connectivity index (χ2n) is 4.63. The van der Waals surface area contributed by atoms with Crippen LogP contribution in [0, 0.1) is 6.07 Å². The lowest BCUT2D eigenvalue weighted by molar-refractivity contribution is 0.923. The fourth-order valence-corrected chi connectivity index (χ4v) is 2.31. The lowest BCUT2D eigenvalue weighted by Gasteiger charge is -2.12. The van der Waals surface area contributed by atoms with Crippen molar-refractivity contribution in [2.75, 3.05) is 0 Å². The first-order chi connectivity index (χ1) is 8.84. The molecule has 3 rings (SSSR count). The maximum Gasteiger partial charge on any atom is 0.00673 e. The predicted octanol–water partition coefficient (Wildman–Crippen LogP) is 4.79. The molecule has 18 heavy (non-hydrogen) atoms. The van der Waals surface area contributed by atoms with E-state index < -0.39 is 0 Å². The van der Waals surface area contributed by atoms with E-state index in [0.717, 1.165) is 0 Å². The number of hydrogen-bond acceptors (Lipinski definition) is 0. The Morgan fingerprint density at radius 3 is 2.33 bits per heavy atom. The van der Waals surface area contributed by atoms with Crippen molar-refractivity contribution in [3.63, 3.8) is 0 Å². The minimum atomic E-state index is 0.385. The summed E-state index contributed by atoms with van der Waals surface area (Å²) in [6.07, 6.45) is 0. The molecule has 0 heteroatoms. The molecule has 0 nitrogen and oxygen atoms in total. The van der Waals surface area contributed by atoms with Crippen molar-refractivity contribution in [3.05, 3.63) is 83.9 Å². The van der Waals surface area contributed by atoms with E-state index in [0.29, 0.717) is 5.92 Å². The first-order valence-corrected chi connectivity index (χ1v) is 6.30. The van der Waals surface area contributed by atoms with Crippen molar-refractivity contribution in [2.45, 2.75) is 12.8 Å². The summed E-state index contributed by atoms with van der Waals surface area (Å²) in [6, 6.07) is 26.9. The number of rotatable bonds is 2. The normalized spacial score (nSPS) is 12.5. The lowest BCUT2D eigenvalue weighted by atomic mass is 9.92. The summed E-state index contributed by atoms with van der Waals surface area (Å²) in [5, 5.41) is 2.44. The van der Waals surface area contributed by atoms with Crippen LogP contribution in [0.4, 0.5) is 0 Å². The standard InChI is InChI=1S/C18H15/c1-14(15-7-3-2-4-8-15)17-12-11-16-9-5-6-10-18(16)13-17/h2-12,14H,1H3. The molecule has 0 aliphatic heterocycles. The van der Waals surface area contributed by atoms with E-state index >= 15 is 0 Å². The summed E-state index contributed by atoms with van der Waals surface area (Å²) in [5.41, 5.74) is 2.59. The van der Waals surface area contributed by atoms with Gasteiger partial charge in [0.15, 0.2) is 0 Å². The van der Waals surface area contributed by atoms with Crippen LogP contribution < -0.4 is 0 Å². The van der Waals surface area contributed by atoms with Gasteiger partial charge in [-0.3, -0.25) is 0 Å². The molecule has 1 atom stereocenters. The van der Waals surface area contributed by atoms with E-state index in [1.54, 1.807) is 0 Å². The van der Waals surface area contributed by atoms with Crippen LogP contribution in [0.1, 0.15) is 24.0 Å². The van der Waals surface area contributed by atoms with E-state index in [2.05, 4.69) is 79.7 Å². The highest BCUT2D eigenvalue weighted by Gasteiger charge is 2.08. The minimum absolute atomic E-state index is 0.385. The summed E-state index contributed by atoms with van der Waals surface area (Å²) >= 11 is 0. The molecule has 0 aliphatic carbocycles. The zero-order valence-electron chi connectivity index (χ0n) is 10.4. The third-order valence-corrected chi connectivity index (χ3v) is 3.45. The number of hydrogen-bond donors (Lipinski definition) is 0. The molecule has 87 valence electrons. The van der Waals surface area contributed by atoms with Gasteiger partial charge in [0.1, 0.15) is 0 Å². The van der Waals surface area contributed by atoms with Gasteiger partial charge in [0.05, 0.1) is 0 Å². The molecule has 0 heterocycles. The van der Waals surface area contributed by atoms with Crippen molar-refractivity contribution in [2.24, 2.45) is 0 Å². The largest absolute Gasteiger partial charge is 0.0622 e. The van der Waals surface area contributed by atoms with Crippen molar-refractivity contribution in [3.8, 4) is 0 Å². The highest BCUT2D eigenvalue weighted by Crippen LogP contribution is 2.26. The van der Waals surface area contributed by atoms with E-state index in [-0.39, 0.29) is 0 Å². The zero-order valence-corrected chi connectivity index (χ0v) is 10.4. The molecule has 0 saturated heterocycles. The smallest absolute Gasteiger partial charge is 0.00673 e. The third kappa shape index (κ3) is 2.02. The van der Waals surface area contributed by atoms with Crippen LogP contribution in [0.2, 0.25) is 0 Å². The van der Waals surface area contributed by atoms with Gasteiger partial charge in [0, 0.05) is 5.92 Å². The van der Waals surface area contributed by atoms with Gasteiger partial charge in [-0.1, -0.05) is 73.7 Å². The van der Waals surface area contributed by atoms with Gasteiger partial charge in [-0.05, 0) is 28.0 Å². The fourth-order valence-electron chi connectivity index (χ4n) is 2.31. The Morgan fingerprint density at radius 2 is 1.50 bits per heavy atom. The summed E-state index contributed by atoms with van der Waals surface area (Å²) in [7, 11) is 0. The van der Waals surface area contributed by atoms with Gasteiger partial charge < -0.3 is 0 Å². The molecule has 0 fully saturated rings. The van der Waals surface area contributed by atoms with Crippen molar-refractivity contribution in [1.82, 2.24) is 0 Å². The Labute approximate surface area is 108 Å². The number of fused-ring (bicyclic) bond motifs is 1. The van der Waals surface area contributed by atoms with Crippen LogP contribution in [0.25, 0.3) is 10.8 Å². The molecule has 0 N–H and O–H groups in total.